The highest BCUT2D eigenvalue weighted by Gasteiger charge is 2.14. The Morgan fingerprint density at radius 3 is 2.29 bits per heavy atom. The van der Waals surface area contributed by atoms with Gasteiger partial charge in [0.05, 0.1) is 23.4 Å². The molecule has 3 aromatic rings. The average molecular weight is 475 g/mol. The second-order valence-corrected chi connectivity index (χ2v) is 7.82. The number of Topliss-reactive ketones (excluding diaryl/α,β-unsaturated/α-hetero) is 1. The van der Waals surface area contributed by atoms with Gasteiger partial charge in [0.1, 0.15) is 5.75 Å². The van der Waals surface area contributed by atoms with Gasteiger partial charge in [-0.25, -0.2) is 4.79 Å². The average Bonchev–Trinajstić information content (AvgIpc) is 2.84. The summed E-state index contributed by atoms with van der Waals surface area (Å²) in [6.45, 7) is 1.94. The summed E-state index contributed by atoms with van der Waals surface area (Å²) < 4.78 is 5.64. The number of amides is 2. The highest BCUT2D eigenvalue weighted by atomic mass is 16.5. The number of anilines is 2. The van der Waals surface area contributed by atoms with Gasteiger partial charge in [-0.1, -0.05) is 18.2 Å². The van der Waals surface area contributed by atoms with E-state index in [0.29, 0.717) is 42.1 Å². The maximum Gasteiger partial charge on any atom is 0.335 e. The van der Waals surface area contributed by atoms with E-state index in [1.165, 1.54) is 25.1 Å². The molecule has 35 heavy (non-hydrogen) atoms. The van der Waals surface area contributed by atoms with Gasteiger partial charge < -0.3 is 20.5 Å². The first-order valence-corrected chi connectivity index (χ1v) is 11.1. The van der Waals surface area contributed by atoms with Crippen LogP contribution in [-0.2, 0) is 4.79 Å². The van der Waals surface area contributed by atoms with E-state index >= 15 is 0 Å². The lowest BCUT2D eigenvalue weighted by Crippen LogP contribution is -2.18. The Hall–Kier alpha value is -4.46. The summed E-state index contributed by atoms with van der Waals surface area (Å²) in [6.07, 6.45) is 1.50. The van der Waals surface area contributed by atoms with Crippen molar-refractivity contribution in [2.45, 2.75) is 26.2 Å². The molecule has 0 aromatic heterocycles. The molecule has 0 heterocycles. The van der Waals surface area contributed by atoms with Crippen molar-refractivity contribution in [2.24, 2.45) is 0 Å². The minimum Gasteiger partial charge on any atom is -0.494 e. The molecule has 0 saturated heterocycles. The molecule has 0 aliphatic rings. The van der Waals surface area contributed by atoms with Crippen molar-refractivity contribution in [3.8, 4) is 5.75 Å². The predicted molar refractivity (Wildman–Crippen MR) is 132 cm³/mol. The van der Waals surface area contributed by atoms with Gasteiger partial charge in [-0.3, -0.25) is 14.4 Å². The van der Waals surface area contributed by atoms with Crippen molar-refractivity contribution in [1.29, 1.82) is 0 Å². The number of carbonyl (C=O) groups excluding carboxylic acids is 3. The zero-order valence-corrected chi connectivity index (χ0v) is 19.2. The lowest BCUT2D eigenvalue weighted by molar-refractivity contribution is -0.116. The first kappa shape index (κ1) is 25.2. The van der Waals surface area contributed by atoms with Crippen LogP contribution in [0.25, 0.3) is 0 Å². The Balaban J connectivity index is 1.48. The first-order chi connectivity index (χ1) is 16.8. The topological polar surface area (TPSA) is 122 Å². The van der Waals surface area contributed by atoms with Crippen LogP contribution in [0.1, 0.15) is 57.3 Å². The number of hydrogen-bond donors (Lipinski definition) is 3. The van der Waals surface area contributed by atoms with Crippen LogP contribution >= 0.6 is 0 Å². The zero-order chi connectivity index (χ0) is 25.2. The molecule has 0 aliphatic heterocycles. The largest absolute Gasteiger partial charge is 0.494 e. The molecule has 8 heteroatoms. The molecule has 0 atom stereocenters. The van der Waals surface area contributed by atoms with E-state index < -0.39 is 11.9 Å². The van der Waals surface area contributed by atoms with E-state index in [1.807, 2.05) is 0 Å². The van der Waals surface area contributed by atoms with Crippen LogP contribution in [-0.4, -0.2) is 35.3 Å². The van der Waals surface area contributed by atoms with Crippen LogP contribution in [0.4, 0.5) is 11.4 Å². The van der Waals surface area contributed by atoms with E-state index in [1.54, 1.807) is 54.6 Å². The second-order valence-electron chi connectivity index (χ2n) is 7.82. The molecule has 2 amide bonds. The molecule has 3 rings (SSSR count). The van der Waals surface area contributed by atoms with Crippen molar-refractivity contribution in [1.82, 2.24) is 0 Å². The number of carbonyl (C=O) groups is 4. The van der Waals surface area contributed by atoms with Crippen LogP contribution in [0, 0.1) is 0 Å². The van der Waals surface area contributed by atoms with E-state index in [-0.39, 0.29) is 29.2 Å². The van der Waals surface area contributed by atoms with Gasteiger partial charge in [0.2, 0.25) is 5.91 Å². The number of benzene rings is 3. The fourth-order valence-corrected chi connectivity index (χ4v) is 3.29. The molecule has 0 saturated carbocycles. The lowest BCUT2D eigenvalue weighted by atomic mass is 10.1. The van der Waals surface area contributed by atoms with Gasteiger partial charge in [0.25, 0.3) is 5.91 Å². The Kier molecular flexibility index (Phi) is 8.72. The van der Waals surface area contributed by atoms with E-state index in [9.17, 15) is 19.2 Å². The summed E-state index contributed by atoms with van der Waals surface area (Å²) in [4.78, 5) is 47.6. The van der Waals surface area contributed by atoms with Gasteiger partial charge in [0, 0.05) is 17.7 Å². The Morgan fingerprint density at radius 2 is 1.57 bits per heavy atom. The molecule has 0 aliphatic carbocycles. The number of carboxylic acid groups (broad SMARTS) is 1. The molecule has 0 spiro atoms. The second kappa shape index (κ2) is 12.1. The maximum atomic E-state index is 12.7. The molecule has 3 aromatic carbocycles. The maximum absolute atomic E-state index is 12.7. The molecule has 3 N–H and O–H groups in total. The van der Waals surface area contributed by atoms with Crippen LogP contribution < -0.4 is 15.4 Å². The van der Waals surface area contributed by atoms with Crippen molar-refractivity contribution >= 4 is 34.9 Å². The molecule has 0 radical (unpaired) electrons. The van der Waals surface area contributed by atoms with Gasteiger partial charge in [-0.15, -0.1) is 0 Å². The monoisotopic (exact) mass is 474 g/mol. The fraction of sp³-hybridized carbons (Fsp3) is 0.185. The van der Waals surface area contributed by atoms with Gasteiger partial charge in [-0.2, -0.15) is 0 Å². The van der Waals surface area contributed by atoms with Gasteiger partial charge >= 0.3 is 5.97 Å². The van der Waals surface area contributed by atoms with Gasteiger partial charge in [0.15, 0.2) is 5.78 Å². The van der Waals surface area contributed by atoms with Crippen LogP contribution in [0.3, 0.4) is 0 Å². The third-order valence-electron chi connectivity index (χ3n) is 5.14. The normalized spacial score (nSPS) is 10.3. The van der Waals surface area contributed by atoms with Gasteiger partial charge in [-0.05, 0) is 74.4 Å². The van der Waals surface area contributed by atoms with Crippen molar-refractivity contribution < 1.29 is 29.0 Å². The number of hydrogen-bond acceptors (Lipinski definition) is 5. The molecular weight excluding hydrogens is 448 g/mol. The minimum atomic E-state index is -1.09. The number of nitrogens with one attached hydrogen (secondary N) is 2. The minimum absolute atomic E-state index is 0.00555. The lowest BCUT2D eigenvalue weighted by Gasteiger charge is -2.12. The standard InChI is InChI=1S/C27H26N2O6/c1-18(30)19-12-14-22(15-13-19)35-16-5-4-11-25(31)29-24-10-3-2-9-23(24)26(32)28-21-8-6-7-20(17-21)27(33)34/h2-3,6-10,12-15,17H,4-5,11,16H2,1H3,(H,28,32)(H,29,31)(H,33,34). The fourth-order valence-electron chi connectivity index (χ4n) is 3.29. The van der Waals surface area contributed by atoms with E-state index in [2.05, 4.69) is 10.6 Å². The van der Waals surface area contributed by atoms with Crippen molar-refractivity contribution in [3.63, 3.8) is 0 Å². The quantitative estimate of drug-likeness (QED) is 0.265. The molecule has 8 nitrogen and oxygen atoms in total. The Bertz CT molecular complexity index is 1220. The third-order valence-corrected chi connectivity index (χ3v) is 5.14. The van der Waals surface area contributed by atoms with E-state index in [0.717, 1.165) is 0 Å². The molecule has 0 unspecified atom stereocenters. The molecule has 180 valence electrons. The van der Waals surface area contributed by atoms with Crippen LogP contribution in [0.15, 0.2) is 72.8 Å². The van der Waals surface area contributed by atoms with Crippen LogP contribution in [0.5, 0.6) is 5.75 Å². The Morgan fingerprint density at radius 1 is 0.829 bits per heavy atom. The number of rotatable bonds is 11. The molecule has 0 bridgehead atoms. The summed E-state index contributed by atoms with van der Waals surface area (Å²) in [7, 11) is 0. The SMILES string of the molecule is CC(=O)c1ccc(OCCCCC(=O)Nc2ccccc2C(=O)Nc2cccc(C(=O)O)c2)cc1. The number of ketones is 1. The zero-order valence-electron chi connectivity index (χ0n) is 19.2. The Labute approximate surface area is 202 Å². The number of aromatic carboxylic acids is 1. The summed E-state index contributed by atoms with van der Waals surface area (Å²) in [5.74, 6) is -1.14. The summed E-state index contributed by atoms with van der Waals surface area (Å²) in [6, 6.07) is 19.4. The smallest absolute Gasteiger partial charge is 0.335 e. The predicted octanol–water partition coefficient (Wildman–Crippen LogP) is 5.03. The highest BCUT2D eigenvalue weighted by molar-refractivity contribution is 6.10. The molecular formula is C27H26N2O6. The highest BCUT2D eigenvalue weighted by Crippen LogP contribution is 2.19. The van der Waals surface area contributed by atoms with E-state index in [4.69, 9.17) is 9.84 Å². The molecule has 0 fully saturated rings. The third kappa shape index (κ3) is 7.53. The number of carboxylic acids is 1. The van der Waals surface area contributed by atoms with Crippen molar-refractivity contribution in [2.75, 3.05) is 17.2 Å². The van der Waals surface area contributed by atoms with Crippen molar-refractivity contribution in [3.05, 3.63) is 89.5 Å². The first-order valence-electron chi connectivity index (χ1n) is 11.1. The summed E-state index contributed by atoms with van der Waals surface area (Å²) in [5.41, 5.74) is 1.65. The summed E-state index contributed by atoms with van der Waals surface area (Å²) in [5, 5.41) is 14.5. The number of ether oxygens (including phenoxy) is 1. The number of para-hydroxylation sites is 1. The summed E-state index contributed by atoms with van der Waals surface area (Å²) >= 11 is 0. The number of unbranched alkanes of at least 4 members (excludes halogenated alkanes) is 1. The van der Waals surface area contributed by atoms with Crippen LogP contribution in [0.2, 0.25) is 0 Å².